The zero-order chi connectivity index (χ0) is 27.0. The van der Waals surface area contributed by atoms with Gasteiger partial charge in [0.2, 0.25) is 0 Å². The fourth-order valence-electron chi connectivity index (χ4n) is 4.28. The molecule has 0 bridgehead atoms. The van der Waals surface area contributed by atoms with Gasteiger partial charge in [0, 0.05) is 22.7 Å². The maximum absolute atomic E-state index is 12.4. The summed E-state index contributed by atoms with van der Waals surface area (Å²) in [6.45, 7) is 0. The third-order valence-electron chi connectivity index (χ3n) is 5.74. The molecule has 18 nitrogen and oxygen atoms in total. The summed E-state index contributed by atoms with van der Waals surface area (Å²) in [6, 6.07) is 0. The summed E-state index contributed by atoms with van der Waals surface area (Å²) < 4.78 is 0. The molecule has 1 aromatic rings. The molecule has 0 saturated carbocycles. The Bertz CT molecular complexity index is 1280. The Morgan fingerprint density at radius 1 is 0.500 bits per heavy atom. The van der Waals surface area contributed by atoms with Gasteiger partial charge in [-0.25, -0.2) is 0 Å². The van der Waals surface area contributed by atoms with Crippen molar-refractivity contribution < 1.29 is 29.5 Å². The molecular weight excluding hydrogens is 492 g/mol. The molecule has 2 aliphatic carbocycles. The molecule has 2 aliphatic rings. The van der Waals surface area contributed by atoms with Gasteiger partial charge < -0.3 is 0 Å². The zero-order valence-corrected chi connectivity index (χ0v) is 17.6. The Morgan fingerprint density at radius 2 is 0.806 bits per heavy atom. The van der Waals surface area contributed by atoms with Crippen LogP contribution in [0.3, 0.4) is 0 Å². The van der Waals surface area contributed by atoms with Crippen LogP contribution in [0.25, 0.3) is 0 Å². The van der Waals surface area contributed by atoms with E-state index in [4.69, 9.17) is 0 Å². The first-order valence-electron chi connectivity index (χ1n) is 9.63. The van der Waals surface area contributed by atoms with Crippen molar-refractivity contribution in [3.63, 3.8) is 0 Å². The number of hydrogen-bond donors (Lipinski definition) is 0. The molecule has 186 valence electrons. The van der Waals surface area contributed by atoms with Crippen LogP contribution in [0, 0.1) is 60.7 Å². The highest BCUT2D eigenvalue weighted by Crippen LogP contribution is 2.57. The number of nitro groups is 6. The molecule has 0 N–H and O–H groups in total. The first-order chi connectivity index (χ1) is 16.8. The van der Waals surface area contributed by atoms with Gasteiger partial charge >= 0.3 is 22.7 Å². The van der Waals surface area contributed by atoms with Gasteiger partial charge in [-0.05, 0) is 12.2 Å². The van der Waals surface area contributed by atoms with Gasteiger partial charge in [-0.2, -0.15) is 0 Å². The van der Waals surface area contributed by atoms with Crippen molar-refractivity contribution in [3.8, 4) is 0 Å². The number of allylic oxidation sites excluding steroid dienone is 4. The van der Waals surface area contributed by atoms with E-state index < -0.39 is 87.3 Å². The highest BCUT2D eigenvalue weighted by Gasteiger charge is 2.65. The molecular formula is C18H12N6O12. The number of rotatable bonds is 8. The summed E-state index contributed by atoms with van der Waals surface area (Å²) >= 11 is 0. The molecule has 0 aromatic heterocycles. The predicted octanol–water partition coefficient (Wildman–Crippen LogP) is 3.30. The van der Waals surface area contributed by atoms with Gasteiger partial charge in [-0.1, -0.05) is 36.5 Å². The maximum Gasteiger partial charge on any atom is 0.430 e. The molecule has 0 heterocycles. The third-order valence-corrected chi connectivity index (χ3v) is 5.74. The van der Waals surface area contributed by atoms with Crippen LogP contribution in [-0.4, -0.2) is 29.5 Å². The van der Waals surface area contributed by atoms with Crippen LogP contribution >= 0.6 is 0 Å². The second-order valence-electron chi connectivity index (χ2n) is 7.52. The lowest BCUT2D eigenvalue weighted by Crippen LogP contribution is -2.42. The van der Waals surface area contributed by atoms with Crippen LogP contribution in [0.4, 0.5) is 22.7 Å². The minimum Gasteiger partial charge on any atom is -0.263 e. The summed E-state index contributed by atoms with van der Waals surface area (Å²) in [4.78, 5) is 64.1. The second kappa shape index (κ2) is 8.74. The number of nitrogens with zero attached hydrogens (tertiary/aromatic N) is 6. The lowest BCUT2D eigenvalue weighted by Gasteiger charge is -2.29. The van der Waals surface area contributed by atoms with Gasteiger partial charge in [-0.15, -0.1) is 0 Å². The van der Waals surface area contributed by atoms with Crippen LogP contribution < -0.4 is 0 Å². The van der Waals surface area contributed by atoms with E-state index in [2.05, 4.69) is 0 Å². The van der Waals surface area contributed by atoms with Crippen LogP contribution in [0.15, 0.2) is 48.6 Å². The van der Waals surface area contributed by atoms with Crippen LogP contribution in [0.2, 0.25) is 0 Å². The van der Waals surface area contributed by atoms with Gasteiger partial charge in [0.05, 0.1) is 19.7 Å². The number of hydrogen-bond acceptors (Lipinski definition) is 12. The molecule has 0 fully saturated rings. The highest BCUT2D eigenvalue weighted by molar-refractivity contribution is 5.83. The Morgan fingerprint density at radius 3 is 1.00 bits per heavy atom. The van der Waals surface area contributed by atoms with Crippen molar-refractivity contribution in [3.05, 3.63) is 120 Å². The predicted molar refractivity (Wildman–Crippen MR) is 116 cm³/mol. The van der Waals surface area contributed by atoms with Gasteiger partial charge in [0.25, 0.3) is 11.1 Å². The fraction of sp³-hybridized carbons (Fsp3) is 0.222. The van der Waals surface area contributed by atoms with Crippen LogP contribution in [0.1, 0.15) is 24.0 Å². The normalized spacial score (nSPS) is 22.2. The van der Waals surface area contributed by atoms with E-state index in [1.807, 2.05) is 0 Å². The molecule has 2 unspecified atom stereocenters. The molecule has 0 spiro atoms. The summed E-state index contributed by atoms with van der Waals surface area (Å²) in [7, 11) is 0. The summed E-state index contributed by atoms with van der Waals surface area (Å²) in [5, 5.41) is 72.8. The minimum atomic E-state index is -2.85. The molecule has 0 radical (unpaired) electrons. The molecule has 18 heteroatoms. The second-order valence-corrected chi connectivity index (χ2v) is 7.52. The van der Waals surface area contributed by atoms with Crippen molar-refractivity contribution >= 4 is 22.7 Å². The SMILES string of the molecule is O=[N+]([O-])c1c([N+](=O)[O-])c([N+](=O)[O-])c(C2([N+](=O)[O-])C=CC=CC2)c(C2([N+](=O)[O-])C=CC=CC2)c1[N+](=O)[O-]. The van der Waals surface area contributed by atoms with Gasteiger partial charge in [0.1, 0.15) is 11.1 Å². The topological polar surface area (TPSA) is 259 Å². The summed E-state index contributed by atoms with van der Waals surface area (Å²) in [5.74, 6) is 0. The van der Waals surface area contributed by atoms with E-state index in [9.17, 15) is 60.7 Å². The van der Waals surface area contributed by atoms with E-state index in [-0.39, 0.29) is 0 Å². The highest BCUT2D eigenvalue weighted by atomic mass is 16.7. The van der Waals surface area contributed by atoms with Crippen molar-refractivity contribution in [2.75, 3.05) is 0 Å². The molecule has 0 aliphatic heterocycles. The molecule has 36 heavy (non-hydrogen) atoms. The van der Waals surface area contributed by atoms with Crippen molar-refractivity contribution in [1.29, 1.82) is 0 Å². The third kappa shape index (κ3) is 3.52. The smallest absolute Gasteiger partial charge is 0.263 e. The largest absolute Gasteiger partial charge is 0.430 e. The monoisotopic (exact) mass is 504 g/mol. The Hall–Kier alpha value is -5.42. The van der Waals surface area contributed by atoms with Crippen molar-refractivity contribution in [1.82, 2.24) is 0 Å². The average Bonchev–Trinajstić information content (AvgIpc) is 2.82. The van der Waals surface area contributed by atoms with E-state index in [0.29, 0.717) is 0 Å². The average molecular weight is 504 g/mol. The standard InChI is InChI=1S/C18H12N6O12/c25-19(26)13-11(17(23(33)34)7-3-1-4-8-17)12(18(24(35)36)9-5-2-6-10-18)14(20(27)28)16(22(31)32)15(13)21(29)30/h1-7,9H,8,10H2. The first kappa shape index (κ1) is 25.2. The van der Waals surface area contributed by atoms with Gasteiger partial charge in [-0.3, -0.25) is 60.7 Å². The van der Waals surface area contributed by atoms with Crippen LogP contribution in [-0.2, 0) is 11.1 Å². The zero-order valence-electron chi connectivity index (χ0n) is 17.6. The van der Waals surface area contributed by atoms with Gasteiger partial charge in [0.15, 0.2) is 0 Å². The molecule has 1 aromatic carbocycles. The Labute approximate surface area is 197 Å². The molecule has 2 atom stereocenters. The Balaban J connectivity index is 2.86. The van der Waals surface area contributed by atoms with Crippen molar-refractivity contribution in [2.24, 2.45) is 0 Å². The number of benzene rings is 1. The minimum absolute atomic E-state index is 0.730. The molecule has 3 rings (SSSR count). The Kier molecular flexibility index (Phi) is 6.12. The van der Waals surface area contributed by atoms with E-state index in [0.717, 1.165) is 36.5 Å². The fourth-order valence-corrected chi connectivity index (χ4v) is 4.28. The molecule has 0 saturated heterocycles. The van der Waals surface area contributed by atoms with E-state index >= 15 is 0 Å². The number of nitro benzene ring substituents is 4. The lowest BCUT2D eigenvalue weighted by molar-refractivity contribution is -0.574. The lowest BCUT2D eigenvalue weighted by atomic mass is 9.72. The van der Waals surface area contributed by atoms with E-state index in [1.165, 1.54) is 12.2 Å². The quantitative estimate of drug-likeness (QED) is 0.364. The molecule has 0 amide bonds. The maximum atomic E-state index is 12.4. The van der Waals surface area contributed by atoms with E-state index in [1.54, 1.807) is 0 Å². The van der Waals surface area contributed by atoms with Crippen LogP contribution in [0.5, 0.6) is 0 Å². The van der Waals surface area contributed by atoms with Crippen molar-refractivity contribution in [2.45, 2.75) is 23.9 Å². The summed E-state index contributed by atoms with van der Waals surface area (Å²) in [6.07, 6.45) is 6.76. The first-order valence-corrected chi connectivity index (χ1v) is 9.63. The summed E-state index contributed by atoms with van der Waals surface area (Å²) in [5.41, 5.74) is -16.1.